The molecule has 86 valence electrons. The Labute approximate surface area is 97.9 Å². The van der Waals surface area contributed by atoms with Crippen LogP contribution in [-0.2, 0) is 0 Å². The molecule has 4 heteroatoms. The van der Waals surface area contributed by atoms with Crippen LogP contribution in [0, 0.1) is 0 Å². The number of carbonyl (C=O) groups is 1. The van der Waals surface area contributed by atoms with E-state index in [9.17, 15) is 9.90 Å². The zero-order valence-electron chi connectivity index (χ0n) is 8.92. The molecule has 0 aliphatic carbocycles. The lowest BCUT2D eigenvalue weighted by Gasteiger charge is -2.05. The number of anilines is 1. The Bertz CT molecular complexity index is 579. The highest BCUT2D eigenvalue weighted by Gasteiger charge is 2.06. The van der Waals surface area contributed by atoms with Crippen molar-refractivity contribution in [1.29, 1.82) is 0 Å². The van der Waals surface area contributed by atoms with Crippen LogP contribution in [0.5, 0.6) is 5.75 Å². The van der Waals surface area contributed by atoms with Gasteiger partial charge in [0.25, 0.3) is 0 Å². The summed E-state index contributed by atoms with van der Waals surface area (Å²) in [6, 6.07) is 11.3. The third kappa shape index (κ3) is 2.20. The van der Waals surface area contributed by atoms with Gasteiger partial charge in [-0.15, -0.1) is 0 Å². The van der Waals surface area contributed by atoms with Crippen LogP contribution in [0.4, 0.5) is 5.69 Å². The van der Waals surface area contributed by atoms with Crippen LogP contribution in [0.15, 0.2) is 42.5 Å². The van der Waals surface area contributed by atoms with Crippen molar-refractivity contribution < 1.29 is 15.0 Å². The second kappa shape index (κ2) is 4.17. The molecule has 0 atom stereocenters. The quantitative estimate of drug-likeness (QED) is 0.545. The number of carboxylic acids is 1. The first kappa shape index (κ1) is 11.0. The fourth-order valence-electron chi connectivity index (χ4n) is 1.56. The summed E-state index contributed by atoms with van der Waals surface area (Å²) in [5.41, 5.74) is 7.45. The maximum atomic E-state index is 10.8. The van der Waals surface area contributed by atoms with Gasteiger partial charge in [0, 0.05) is 0 Å². The zero-order valence-corrected chi connectivity index (χ0v) is 8.92. The van der Waals surface area contributed by atoms with Crippen molar-refractivity contribution >= 4 is 11.7 Å². The van der Waals surface area contributed by atoms with Gasteiger partial charge in [0.2, 0.25) is 0 Å². The summed E-state index contributed by atoms with van der Waals surface area (Å²) < 4.78 is 0. The second-order valence-corrected chi connectivity index (χ2v) is 3.66. The molecule has 2 aromatic rings. The van der Waals surface area contributed by atoms with Crippen LogP contribution in [0.1, 0.15) is 10.4 Å². The molecular weight excluding hydrogens is 218 g/mol. The number of phenolic OH excluding ortho intramolecular Hbond substituents is 1. The number of nitrogen functional groups attached to an aromatic ring is 1. The molecule has 0 aliphatic heterocycles. The molecule has 0 saturated carbocycles. The monoisotopic (exact) mass is 229 g/mol. The van der Waals surface area contributed by atoms with E-state index in [2.05, 4.69) is 0 Å². The van der Waals surface area contributed by atoms with Crippen molar-refractivity contribution in [3.63, 3.8) is 0 Å². The highest BCUT2D eigenvalue weighted by atomic mass is 16.4. The Morgan fingerprint density at radius 1 is 1.06 bits per heavy atom. The van der Waals surface area contributed by atoms with E-state index in [1.807, 2.05) is 0 Å². The van der Waals surface area contributed by atoms with Gasteiger partial charge in [0.1, 0.15) is 5.75 Å². The van der Waals surface area contributed by atoms with Crippen molar-refractivity contribution in [3.05, 3.63) is 48.0 Å². The molecule has 0 saturated heterocycles. The standard InChI is InChI=1S/C13H11NO3/c14-11-5-4-9(7-12(11)15)8-2-1-3-10(6-8)13(16)17/h1-7,15H,14H2,(H,16,17). The first-order valence-corrected chi connectivity index (χ1v) is 5.00. The van der Waals surface area contributed by atoms with Crippen molar-refractivity contribution in [2.75, 3.05) is 5.73 Å². The van der Waals surface area contributed by atoms with E-state index < -0.39 is 5.97 Å². The van der Waals surface area contributed by atoms with E-state index in [1.165, 1.54) is 12.1 Å². The van der Waals surface area contributed by atoms with Crippen LogP contribution in [-0.4, -0.2) is 16.2 Å². The lowest BCUT2D eigenvalue weighted by Crippen LogP contribution is -1.95. The number of phenols is 1. The molecule has 4 N–H and O–H groups in total. The lowest BCUT2D eigenvalue weighted by atomic mass is 10.0. The Morgan fingerprint density at radius 2 is 1.76 bits per heavy atom. The molecule has 0 bridgehead atoms. The Hall–Kier alpha value is -2.49. The van der Waals surface area contributed by atoms with E-state index in [4.69, 9.17) is 10.8 Å². The average Bonchev–Trinajstić information content (AvgIpc) is 2.33. The van der Waals surface area contributed by atoms with Gasteiger partial charge in [-0.25, -0.2) is 4.79 Å². The minimum Gasteiger partial charge on any atom is -0.506 e. The molecule has 0 spiro atoms. The molecular formula is C13H11NO3. The number of nitrogens with two attached hydrogens (primary N) is 1. The SMILES string of the molecule is Nc1ccc(-c2cccc(C(=O)O)c2)cc1O. The van der Waals surface area contributed by atoms with E-state index >= 15 is 0 Å². The van der Waals surface area contributed by atoms with Crippen LogP contribution in [0.2, 0.25) is 0 Å². The van der Waals surface area contributed by atoms with Crippen LogP contribution in [0.25, 0.3) is 11.1 Å². The third-order valence-electron chi connectivity index (χ3n) is 2.47. The lowest BCUT2D eigenvalue weighted by molar-refractivity contribution is 0.0697. The number of benzene rings is 2. The Morgan fingerprint density at radius 3 is 2.41 bits per heavy atom. The van der Waals surface area contributed by atoms with Gasteiger partial charge in [-0.1, -0.05) is 18.2 Å². The predicted molar refractivity (Wildman–Crippen MR) is 64.9 cm³/mol. The fourth-order valence-corrected chi connectivity index (χ4v) is 1.56. The number of aromatic hydroxyl groups is 1. The zero-order chi connectivity index (χ0) is 12.4. The smallest absolute Gasteiger partial charge is 0.335 e. The predicted octanol–water partition coefficient (Wildman–Crippen LogP) is 2.34. The molecule has 0 aliphatic rings. The number of hydrogen-bond donors (Lipinski definition) is 3. The summed E-state index contributed by atoms with van der Waals surface area (Å²) in [5, 5.41) is 18.4. The van der Waals surface area contributed by atoms with Crippen LogP contribution in [0.3, 0.4) is 0 Å². The van der Waals surface area contributed by atoms with Crippen molar-refractivity contribution in [1.82, 2.24) is 0 Å². The highest BCUT2D eigenvalue weighted by Crippen LogP contribution is 2.28. The van der Waals surface area contributed by atoms with E-state index in [-0.39, 0.29) is 11.3 Å². The number of rotatable bonds is 2. The topological polar surface area (TPSA) is 83.6 Å². The van der Waals surface area contributed by atoms with Gasteiger partial charge in [-0.3, -0.25) is 0 Å². The average molecular weight is 229 g/mol. The van der Waals surface area contributed by atoms with Gasteiger partial charge in [0.15, 0.2) is 0 Å². The Balaban J connectivity index is 2.49. The normalized spacial score (nSPS) is 10.1. The van der Waals surface area contributed by atoms with Crippen molar-refractivity contribution in [3.8, 4) is 16.9 Å². The van der Waals surface area contributed by atoms with Crippen molar-refractivity contribution in [2.45, 2.75) is 0 Å². The maximum absolute atomic E-state index is 10.8. The molecule has 0 aromatic heterocycles. The molecule has 0 radical (unpaired) electrons. The van der Waals surface area contributed by atoms with Crippen LogP contribution < -0.4 is 5.73 Å². The van der Waals surface area contributed by atoms with Gasteiger partial charge in [-0.2, -0.15) is 0 Å². The van der Waals surface area contributed by atoms with Gasteiger partial charge in [-0.05, 0) is 35.4 Å². The van der Waals surface area contributed by atoms with Gasteiger partial charge in [0.05, 0.1) is 11.3 Å². The minimum atomic E-state index is -0.980. The number of carboxylic acid groups (broad SMARTS) is 1. The summed E-state index contributed by atoms with van der Waals surface area (Å²) in [5.74, 6) is -0.991. The van der Waals surface area contributed by atoms with Crippen molar-refractivity contribution in [2.24, 2.45) is 0 Å². The van der Waals surface area contributed by atoms with E-state index in [1.54, 1.807) is 30.3 Å². The fraction of sp³-hybridized carbons (Fsp3) is 0. The van der Waals surface area contributed by atoms with Gasteiger partial charge >= 0.3 is 5.97 Å². The minimum absolute atomic E-state index is 0.0109. The summed E-state index contributed by atoms with van der Waals surface area (Å²) in [6.07, 6.45) is 0. The maximum Gasteiger partial charge on any atom is 0.335 e. The number of aromatic carboxylic acids is 1. The summed E-state index contributed by atoms with van der Waals surface area (Å²) >= 11 is 0. The molecule has 2 rings (SSSR count). The Kier molecular flexibility index (Phi) is 2.70. The summed E-state index contributed by atoms with van der Waals surface area (Å²) in [6.45, 7) is 0. The van der Waals surface area contributed by atoms with E-state index in [0.717, 1.165) is 11.1 Å². The molecule has 17 heavy (non-hydrogen) atoms. The molecule has 0 amide bonds. The summed E-state index contributed by atoms with van der Waals surface area (Å²) in [4.78, 5) is 10.8. The first-order chi connectivity index (χ1) is 8.08. The van der Waals surface area contributed by atoms with Gasteiger partial charge < -0.3 is 15.9 Å². The van der Waals surface area contributed by atoms with E-state index in [0.29, 0.717) is 5.69 Å². The first-order valence-electron chi connectivity index (χ1n) is 5.00. The molecule has 0 fully saturated rings. The highest BCUT2D eigenvalue weighted by molar-refractivity contribution is 5.89. The summed E-state index contributed by atoms with van der Waals surface area (Å²) in [7, 11) is 0. The third-order valence-corrected chi connectivity index (χ3v) is 2.47. The molecule has 0 heterocycles. The number of hydrogen-bond acceptors (Lipinski definition) is 3. The molecule has 2 aromatic carbocycles. The van der Waals surface area contributed by atoms with Crippen LogP contribution >= 0.6 is 0 Å². The molecule has 0 unspecified atom stereocenters. The largest absolute Gasteiger partial charge is 0.506 e. The second-order valence-electron chi connectivity index (χ2n) is 3.66. The molecule has 4 nitrogen and oxygen atoms in total.